The molecule has 0 spiro atoms. The van der Waals surface area contributed by atoms with Crippen molar-refractivity contribution in [2.24, 2.45) is 0 Å². The van der Waals surface area contributed by atoms with E-state index in [0.717, 1.165) is 5.75 Å². The van der Waals surface area contributed by atoms with Gasteiger partial charge < -0.3 is 14.8 Å². The van der Waals surface area contributed by atoms with Crippen LogP contribution < -0.4 is 14.8 Å². The zero-order valence-corrected chi connectivity index (χ0v) is 13.3. The molecule has 1 aromatic carbocycles. The van der Waals surface area contributed by atoms with Crippen LogP contribution in [0.25, 0.3) is 5.82 Å². The summed E-state index contributed by atoms with van der Waals surface area (Å²) in [7, 11) is 0. The summed E-state index contributed by atoms with van der Waals surface area (Å²) in [5.41, 5.74) is 0.524. The smallest absolute Gasteiger partial charge is 0.251 e. The summed E-state index contributed by atoms with van der Waals surface area (Å²) in [4.78, 5) is 20.6. The van der Waals surface area contributed by atoms with Gasteiger partial charge in [-0.05, 0) is 24.3 Å². The van der Waals surface area contributed by atoms with Gasteiger partial charge in [-0.3, -0.25) is 9.36 Å². The molecular formula is C18H16N4O3. The van der Waals surface area contributed by atoms with Crippen LogP contribution in [0.2, 0.25) is 0 Å². The van der Waals surface area contributed by atoms with Crippen LogP contribution in [0.1, 0.15) is 10.4 Å². The van der Waals surface area contributed by atoms with Gasteiger partial charge in [0, 0.05) is 24.2 Å². The van der Waals surface area contributed by atoms with Crippen molar-refractivity contribution in [2.45, 2.75) is 6.10 Å². The van der Waals surface area contributed by atoms with E-state index < -0.39 is 0 Å². The highest BCUT2D eigenvalue weighted by Gasteiger charge is 2.21. The monoisotopic (exact) mass is 336 g/mol. The average Bonchev–Trinajstić information content (AvgIpc) is 3.21. The molecule has 1 aliphatic rings. The molecule has 0 bridgehead atoms. The number of pyridine rings is 1. The van der Waals surface area contributed by atoms with Gasteiger partial charge in [-0.2, -0.15) is 0 Å². The van der Waals surface area contributed by atoms with E-state index in [1.807, 2.05) is 24.3 Å². The minimum Gasteiger partial charge on any atom is -0.486 e. The molecule has 25 heavy (non-hydrogen) atoms. The number of hydrogen-bond acceptors (Lipinski definition) is 5. The van der Waals surface area contributed by atoms with Crippen molar-refractivity contribution in [3.8, 4) is 17.3 Å². The molecule has 1 amide bonds. The first-order chi connectivity index (χ1) is 12.3. The molecular weight excluding hydrogens is 320 g/mol. The van der Waals surface area contributed by atoms with Gasteiger partial charge in [-0.1, -0.05) is 12.1 Å². The van der Waals surface area contributed by atoms with Gasteiger partial charge in [0.25, 0.3) is 5.91 Å². The molecule has 0 saturated heterocycles. The minimum absolute atomic E-state index is 0.189. The van der Waals surface area contributed by atoms with Crippen molar-refractivity contribution >= 4 is 5.91 Å². The Balaban J connectivity index is 1.39. The van der Waals surface area contributed by atoms with E-state index in [1.54, 1.807) is 41.6 Å². The Morgan fingerprint density at radius 3 is 2.96 bits per heavy atom. The van der Waals surface area contributed by atoms with Crippen LogP contribution in [0.15, 0.2) is 61.3 Å². The topological polar surface area (TPSA) is 78.3 Å². The number of carbonyl (C=O) groups is 1. The number of amides is 1. The predicted molar refractivity (Wildman–Crippen MR) is 90.0 cm³/mol. The van der Waals surface area contributed by atoms with E-state index >= 15 is 0 Å². The van der Waals surface area contributed by atoms with Crippen LogP contribution in [0.5, 0.6) is 11.5 Å². The van der Waals surface area contributed by atoms with Crippen molar-refractivity contribution in [1.29, 1.82) is 0 Å². The molecule has 0 aliphatic carbocycles. The van der Waals surface area contributed by atoms with E-state index in [4.69, 9.17) is 9.47 Å². The fraction of sp³-hybridized carbons (Fsp3) is 0.167. The SMILES string of the molecule is O=C(NCC1COc2ccccc2O1)c1ccnc(-n2ccnc2)c1. The molecule has 1 atom stereocenters. The normalized spacial score (nSPS) is 15.6. The van der Waals surface area contributed by atoms with E-state index in [0.29, 0.717) is 30.3 Å². The molecule has 3 heterocycles. The average molecular weight is 336 g/mol. The van der Waals surface area contributed by atoms with Crippen LogP contribution in [0, 0.1) is 0 Å². The number of fused-ring (bicyclic) bond motifs is 1. The van der Waals surface area contributed by atoms with Gasteiger partial charge in [-0.25, -0.2) is 9.97 Å². The first-order valence-electron chi connectivity index (χ1n) is 7.91. The summed E-state index contributed by atoms with van der Waals surface area (Å²) in [6, 6.07) is 10.9. The zero-order valence-electron chi connectivity index (χ0n) is 13.3. The third-order valence-electron chi connectivity index (χ3n) is 3.83. The van der Waals surface area contributed by atoms with Crippen LogP contribution >= 0.6 is 0 Å². The number of nitrogens with zero attached hydrogens (tertiary/aromatic N) is 3. The molecule has 1 unspecified atom stereocenters. The summed E-state index contributed by atoms with van der Waals surface area (Å²) >= 11 is 0. The minimum atomic E-state index is -0.228. The number of para-hydroxylation sites is 2. The third-order valence-corrected chi connectivity index (χ3v) is 3.83. The number of rotatable bonds is 4. The molecule has 0 saturated carbocycles. The predicted octanol–water partition coefficient (Wildman–Crippen LogP) is 1.84. The van der Waals surface area contributed by atoms with E-state index in [9.17, 15) is 4.79 Å². The standard InChI is InChI=1S/C18H16N4O3/c23-18(13-5-6-20-17(9-13)22-8-7-19-12-22)21-10-14-11-24-15-3-1-2-4-16(15)25-14/h1-9,12,14H,10-11H2,(H,21,23). The largest absolute Gasteiger partial charge is 0.486 e. The second-order valence-corrected chi connectivity index (χ2v) is 5.58. The van der Waals surface area contributed by atoms with E-state index in [2.05, 4.69) is 15.3 Å². The molecule has 126 valence electrons. The highest BCUT2D eigenvalue weighted by atomic mass is 16.6. The number of carbonyl (C=O) groups excluding carboxylic acids is 1. The molecule has 1 aliphatic heterocycles. The third kappa shape index (κ3) is 3.30. The van der Waals surface area contributed by atoms with Crippen LogP contribution in [-0.2, 0) is 0 Å². The molecule has 0 radical (unpaired) electrons. The second kappa shape index (κ2) is 6.64. The van der Waals surface area contributed by atoms with Crippen LogP contribution in [0.4, 0.5) is 0 Å². The van der Waals surface area contributed by atoms with Crippen molar-refractivity contribution in [3.63, 3.8) is 0 Å². The summed E-state index contributed by atoms with van der Waals surface area (Å²) < 4.78 is 13.2. The second-order valence-electron chi connectivity index (χ2n) is 5.58. The van der Waals surface area contributed by atoms with Gasteiger partial charge in [0.1, 0.15) is 24.9 Å². The Labute approximate surface area is 144 Å². The van der Waals surface area contributed by atoms with Gasteiger partial charge in [0.05, 0.1) is 6.54 Å². The van der Waals surface area contributed by atoms with Crippen molar-refractivity contribution in [3.05, 3.63) is 66.9 Å². The Bertz CT molecular complexity index is 880. The maximum absolute atomic E-state index is 12.4. The fourth-order valence-electron chi connectivity index (χ4n) is 2.57. The maximum atomic E-state index is 12.4. The summed E-state index contributed by atoms with van der Waals surface area (Å²) in [6.45, 7) is 0.754. The van der Waals surface area contributed by atoms with Crippen LogP contribution in [0.3, 0.4) is 0 Å². The first kappa shape index (κ1) is 15.2. The molecule has 3 aromatic rings. The van der Waals surface area contributed by atoms with E-state index in [-0.39, 0.29) is 12.0 Å². The highest BCUT2D eigenvalue weighted by Crippen LogP contribution is 2.30. The summed E-state index contributed by atoms with van der Waals surface area (Å²) in [5.74, 6) is 1.87. The van der Waals surface area contributed by atoms with Crippen molar-refractivity contribution < 1.29 is 14.3 Å². The first-order valence-corrected chi connectivity index (χ1v) is 7.91. The Morgan fingerprint density at radius 1 is 1.24 bits per heavy atom. The molecule has 0 fully saturated rings. The lowest BCUT2D eigenvalue weighted by Crippen LogP contribution is -2.40. The fourth-order valence-corrected chi connectivity index (χ4v) is 2.57. The number of aromatic nitrogens is 3. The van der Waals surface area contributed by atoms with Gasteiger partial charge in [-0.15, -0.1) is 0 Å². The Kier molecular flexibility index (Phi) is 4.04. The lowest BCUT2D eigenvalue weighted by molar-refractivity contribution is 0.0789. The van der Waals surface area contributed by atoms with Crippen molar-refractivity contribution in [2.75, 3.05) is 13.2 Å². The van der Waals surface area contributed by atoms with Gasteiger partial charge in [0.2, 0.25) is 0 Å². The van der Waals surface area contributed by atoms with Gasteiger partial charge in [0.15, 0.2) is 11.5 Å². The summed E-state index contributed by atoms with van der Waals surface area (Å²) in [5, 5.41) is 2.88. The Morgan fingerprint density at radius 2 is 2.12 bits per heavy atom. The quantitative estimate of drug-likeness (QED) is 0.786. The number of imidazole rings is 1. The molecule has 2 aromatic heterocycles. The number of nitrogens with one attached hydrogen (secondary N) is 1. The molecule has 7 nitrogen and oxygen atoms in total. The number of ether oxygens (including phenoxy) is 2. The lowest BCUT2D eigenvalue weighted by atomic mass is 10.2. The molecule has 1 N–H and O–H groups in total. The summed E-state index contributed by atoms with van der Waals surface area (Å²) in [6.07, 6.45) is 6.44. The van der Waals surface area contributed by atoms with Gasteiger partial charge >= 0.3 is 0 Å². The highest BCUT2D eigenvalue weighted by molar-refractivity contribution is 5.94. The maximum Gasteiger partial charge on any atom is 0.251 e. The molecule has 7 heteroatoms. The lowest BCUT2D eigenvalue weighted by Gasteiger charge is -2.26. The Hall–Kier alpha value is -3.35. The zero-order chi connectivity index (χ0) is 17.1. The van der Waals surface area contributed by atoms with Crippen LogP contribution in [-0.4, -0.2) is 39.7 Å². The molecule has 4 rings (SSSR count). The van der Waals surface area contributed by atoms with E-state index in [1.165, 1.54) is 0 Å². The number of benzene rings is 1. The van der Waals surface area contributed by atoms with Crippen molar-refractivity contribution in [1.82, 2.24) is 19.9 Å². The number of hydrogen-bond donors (Lipinski definition) is 1.